The van der Waals surface area contributed by atoms with Gasteiger partial charge in [-0.3, -0.25) is 9.59 Å². The zero-order chi connectivity index (χ0) is 15.2. The molecule has 0 bridgehead atoms. The molecule has 0 radical (unpaired) electrons. The second-order valence-electron chi connectivity index (χ2n) is 4.75. The van der Waals surface area contributed by atoms with Gasteiger partial charge in [0.1, 0.15) is 0 Å². The lowest BCUT2D eigenvalue weighted by atomic mass is 10.1. The highest BCUT2D eigenvalue weighted by molar-refractivity contribution is 5.92. The van der Waals surface area contributed by atoms with Crippen molar-refractivity contribution in [3.8, 4) is 6.07 Å². The first kappa shape index (κ1) is 14.5. The first-order valence-electron chi connectivity index (χ1n) is 6.48. The molecule has 0 saturated heterocycles. The van der Waals surface area contributed by atoms with Crippen molar-refractivity contribution >= 4 is 18.0 Å². The Morgan fingerprint density at radius 2 is 2.19 bits per heavy atom. The van der Waals surface area contributed by atoms with Crippen LogP contribution in [0.5, 0.6) is 0 Å². The lowest BCUT2D eigenvalue weighted by Crippen LogP contribution is -2.31. The minimum absolute atomic E-state index is 0.256. The number of benzene rings is 1. The van der Waals surface area contributed by atoms with E-state index in [0.717, 1.165) is 5.56 Å². The fourth-order valence-corrected chi connectivity index (χ4v) is 2.10. The fraction of sp³-hybridized carbons (Fsp3) is 0.188. The maximum Gasteiger partial charge on any atom is 0.310 e. The molecule has 0 fully saturated rings. The van der Waals surface area contributed by atoms with E-state index in [2.05, 4.69) is 5.32 Å². The Hall–Kier alpha value is -2.87. The minimum Gasteiger partial charge on any atom is -0.481 e. The van der Waals surface area contributed by atoms with Crippen LogP contribution < -0.4 is 5.32 Å². The molecule has 5 heteroatoms. The van der Waals surface area contributed by atoms with Crippen molar-refractivity contribution in [2.24, 2.45) is 5.92 Å². The summed E-state index contributed by atoms with van der Waals surface area (Å²) in [6.45, 7) is 0. The van der Waals surface area contributed by atoms with Gasteiger partial charge in [0, 0.05) is 12.1 Å². The number of amides is 1. The molecule has 1 aromatic carbocycles. The number of rotatable bonds is 4. The molecule has 2 unspecified atom stereocenters. The molecular formula is C16H14N2O3. The smallest absolute Gasteiger partial charge is 0.310 e. The van der Waals surface area contributed by atoms with Gasteiger partial charge in [-0.05, 0) is 30.2 Å². The Morgan fingerprint density at radius 1 is 1.38 bits per heavy atom. The molecule has 21 heavy (non-hydrogen) atoms. The van der Waals surface area contributed by atoms with Gasteiger partial charge in [0.2, 0.25) is 5.91 Å². The van der Waals surface area contributed by atoms with Gasteiger partial charge in [-0.1, -0.05) is 24.3 Å². The average Bonchev–Trinajstić information content (AvgIpc) is 2.94. The van der Waals surface area contributed by atoms with E-state index in [0.29, 0.717) is 12.0 Å². The van der Waals surface area contributed by atoms with Gasteiger partial charge in [0.25, 0.3) is 0 Å². The number of nitrogens with zero attached hydrogens (tertiary/aromatic N) is 1. The van der Waals surface area contributed by atoms with E-state index in [1.165, 1.54) is 6.08 Å². The maximum absolute atomic E-state index is 11.8. The summed E-state index contributed by atoms with van der Waals surface area (Å²) in [4.78, 5) is 22.6. The summed E-state index contributed by atoms with van der Waals surface area (Å²) < 4.78 is 0. The summed E-state index contributed by atoms with van der Waals surface area (Å²) in [6.07, 6.45) is 6.65. The van der Waals surface area contributed by atoms with E-state index in [1.54, 1.807) is 42.5 Å². The van der Waals surface area contributed by atoms with Crippen molar-refractivity contribution in [2.45, 2.75) is 12.5 Å². The first-order valence-corrected chi connectivity index (χ1v) is 6.48. The average molecular weight is 282 g/mol. The molecule has 106 valence electrons. The van der Waals surface area contributed by atoms with Crippen molar-refractivity contribution in [3.05, 3.63) is 53.6 Å². The molecular weight excluding hydrogens is 268 g/mol. The number of carboxylic acid groups (broad SMARTS) is 1. The summed E-state index contributed by atoms with van der Waals surface area (Å²) >= 11 is 0. The van der Waals surface area contributed by atoms with E-state index >= 15 is 0 Å². The molecule has 0 heterocycles. The molecule has 2 N–H and O–H groups in total. The van der Waals surface area contributed by atoms with Gasteiger partial charge in [0.05, 0.1) is 17.6 Å². The van der Waals surface area contributed by atoms with E-state index in [4.69, 9.17) is 10.4 Å². The Bertz CT molecular complexity index is 656. The van der Waals surface area contributed by atoms with E-state index < -0.39 is 11.9 Å². The second kappa shape index (κ2) is 6.53. The third-order valence-corrected chi connectivity index (χ3v) is 3.17. The summed E-state index contributed by atoms with van der Waals surface area (Å²) in [6, 6.07) is 8.68. The molecule has 2 atom stereocenters. The molecule has 1 aliphatic carbocycles. The number of nitrogens with one attached hydrogen (secondary N) is 1. The number of carbonyl (C=O) groups is 2. The summed E-state index contributed by atoms with van der Waals surface area (Å²) in [5, 5.41) is 20.4. The molecule has 0 aromatic heterocycles. The lowest BCUT2D eigenvalue weighted by Gasteiger charge is -2.10. The van der Waals surface area contributed by atoms with Crippen molar-refractivity contribution < 1.29 is 14.7 Å². The normalized spacial score (nSPS) is 20.3. The fourth-order valence-electron chi connectivity index (χ4n) is 2.10. The molecule has 1 amide bonds. The first-order chi connectivity index (χ1) is 10.1. The Kier molecular flexibility index (Phi) is 4.52. The van der Waals surface area contributed by atoms with Gasteiger partial charge in [-0.2, -0.15) is 5.26 Å². The van der Waals surface area contributed by atoms with Crippen LogP contribution in [0.3, 0.4) is 0 Å². The highest BCUT2D eigenvalue weighted by Gasteiger charge is 2.24. The zero-order valence-electron chi connectivity index (χ0n) is 11.2. The van der Waals surface area contributed by atoms with Crippen LogP contribution in [0.15, 0.2) is 42.5 Å². The van der Waals surface area contributed by atoms with Gasteiger partial charge >= 0.3 is 5.97 Å². The largest absolute Gasteiger partial charge is 0.481 e. The van der Waals surface area contributed by atoms with Crippen molar-refractivity contribution in [3.63, 3.8) is 0 Å². The number of aliphatic carboxylic acids is 1. The molecule has 0 aliphatic heterocycles. The van der Waals surface area contributed by atoms with E-state index in [-0.39, 0.29) is 11.9 Å². The topological polar surface area (TPSA) is 90.2 Å². The summed E-state index contributed by atoms with van der Waals surface area (Å²) in [5.74, 6) is -1.71. The van der Waals surface area contributed by atoms with Crippen LogP contribution in [0.25, 0.3) is 6.08 Å². The van der Waals surface area contributed by atoms with Crippen LogP contribution in [-0.2, 0) is 9.59 Å². The Balaban J connectivity index is 1.90. The van der Waals surface area contributed by atoms with Crippen LogP contribution in [0.2, 0.25) is 0 Å². The maximum atomic E-state index is 11.8. The van der Waals surface area contributed by atoms with Gasteiger partial charge in [-0.25, -0.2) is 0 Å². The van der Waals surface area contributed by atoms with Crippen LogP contribution in [-0.4, -0.2) is 23.0 Å². The Morgan fingerprint density at radius 3 is 2.86 bits per heavy atom. The lowest BCUT2D eigenvalue weighted by molar-refractivity contribution is -0.140. The monoisotopic (exact) mass is 282 g/mol. The molecule has 1 aliphatic rings. The number of carbonyl (C=O) groups excluding carboxylic acids is 1. The standard InChI is InChI=1S/C16H14N2O3/c17-10-12-3-1-2-11(8-12)4-7-15(19)18-14-6-5-13(9-14)16(20)21/h1-8,13-14H,9H2,(H,18,19)(H,20,21). The highest BCUT2D eigenvalue weighted by Crippen LogP contribution is 2.17. The third-order valence-electron chi connectivity index (χ3n) is 3.17. The van der Waals surface area contributed by atoms with Crippen molar-refractivity contribution in [1.29, 1.82) is 5.26 Å². The number of hydrogen-bond acceptors (Lipinski definition) is 3. The zero-order valence-corrected chi connectivity index (χ0v) is 11.2. The van der Waals surface area contributed by atoms with E-state index in [1.807, 2.05) is 6.07 Å². The number of nitriles is 1. The van der Waals surface area contributed by atoms with Crippen LogP contribution in [0.4, 0.5) is 0 Å². The Labute approximate surface area is 122 Å². The molecule has 1 aromatic rings. The molecule has 0 spiro atoms. The molecule has 5 nitrogen and oxygen atoms in total. The highest BCUT2D eigenvalue weighted by atomic mass is 16.4. The summed E-state index contributed by atoms with van der Waals surface area (Å²) in [5.41, 5.74) is 1.29. The predicted molar refractivity (Wildman–Crippen MR) is 77.0 cm³/mol. The van der Waals surface area contributed by atoms with E-state index in [9.17, 15) is 9.59 Å². The van der Waals surface area contributed by atoms with Crippen LogP contribution in [0.1, 0.15) is 17.5 Å². The molecule has 2 rings (SSSR count). The van der Waals surface area contributed by atoms with Crippen LogP contribution >= 0.6 is 0 Å². The quantitative estimate of drug-likeness (QED) is 0.650. The predicted octanol–water partition coefficient (Wildman–Crippen LogP) is 1.72. The van der Waals surface area contributed by atoms with Crippen molar-refractivity contribution in [1.82, 2.24) is 5.32 Å². The van der Waals surface area contributed by atoms with Crippen LogP contribution in [0, 0.1) is 17.2 Å². The number of carboxylic acids is 1. The SMILES string of the molecule is N#Cc1cccc(C=CC(=O)NC2C=CC(C(=O)O)C2)c1. The third kappa shape index (κ3) is 4.05. The van der Waals surface area contributed by atoms with Gasteiger partial charge < -0.3 is 10.4 Å². The molecule has 0 saturated carbocycles. The van der Waals surface area contributed by atoms with Gasteiger partial charge in [0.15, 0.2) is 0 Å². The summed E-state index contributed by atoms with van der Waals surface area (Å²) in [7, 11) is 0. The van der Waals surface area contributed by atoms with Crippen molar-refractivity contribution in [2.75, 3.05) is 0 Å². The van der Waals surface area contributed by atoms with Gasteiger partial charge in [-0.15, -0.1) is 0 Å². The minimum atomic E-state index is -0.883. The number of hydrogen-bond donors (Lipinski definition) is 2. The second-order valence-corrected chi connectivity index (χ2v) is 4.75.